The minimum absolute atomic E-state index is 1.06. The fraction of sp³-hybridized carbons (Fsp3) is 0.167. The smallest absolute Gasteiger partial charge is 0.0752 e. The van der Waals surface area contributed by atoms with Gasteiger partial charge in [-0.2, -0.15) is 0 Å². The molecule has 0 amide bonds. The second-order valence-corrected chi connectivity index (χ2v) is 5.28. The Morgan fingerprint density at radius 1 is 0.850 bits per heavy atom. The first-order valence-corrected chi connectivity index (χ1v) is 6.84. The van der Waals surface area contributed by atoms with Crippen LogP contribution in [0.2, 0.25) is 0 Å². The maximum atomic E-state index is 4.51. The molecule has 0 bridgehead atoms. The Bertz CT molecular complexity index is 775. The highest BCUT2D eigenvalue weighted by Gasteiger charge is 2.06. The van der Waals surface area contributed by atoms with Crippen molar-refractivity contribution in [3.05, 3.63) is 65.4 Å². The summed E-state index contributed by atoms with van der Waals surface area (Å²) in [5.74, 6) is 0. The fourth-order valence-corrected chi connectivity index (χ4v) is 2.58. The van der Waals surface area contributed by atoms with E-state index in [9.17, 15) is 0 Å². The average molecular weight is 262 g/mol. The Balaban J connectivity index is 2.15. The van der Waals surface area contributed by atoms with Gasteiger partial charge in [0.1, 0.15) is 0 Å². The summed E-state index contributed by atoms with van der Waals surface area (Å²) in [6.45, 7) is 6.35. The highest BCUT2D eigenvalue weighted by Crippen LogP contribution is 2.29. The molecule has 100 valence electrons. The van der Waals surface area contributed by atoms with Crippen LogP contribution >= 0.6 is 0 Å². The Kier molecular flexibility index (Phi) is 3.15. The number of aromatic nitrogens is 1. The summed E-state index contributed by atoms with van der Waals surface area (Å²) in [6.07, 6.45) is 1.87. The quantitative estimate of drug-likeness (QED) is 0.710. The minimum Gasteiger partial charge on any atom is -0.355 e. The van der Waals surface area contributed by atoms with E-state index >= 15 is 0 Å². The van der Waals surface area contributed by atoms with Crippen molar-refractivity contribution in [1.29, 1.82) is 0 Å². The van der Waals surface area contributed by atoms with E-state index in [-0.39, 0.29) is 0 Å². The first-order valence-electron chi connectivity index (χ1n) is 6.84. The van der Waals surface area contributed by atoms with E-state index in [1.54, 1.807) is 0 Å². The molecule has 0 saturated heterocycles. The maximum absolute atomic E-state index is 4.51. The lowest BCUT2D eigenvalue weighted by Crippen LogP contribution is -1.96. The van der Waals surface area contributed by atoms with Crippen LogP contribution in [0.3, 0.4) is 0 Å². The Hall–Kier alpha value is -2.35. The molecule has 1 aromatic heterocycles. The topological polar surface area (TPSA) is 24.9 Å². The molecule has 2 nitrogen and oxygen atoms in total. The van der Waals surface area contributed by atoms with Gasteiger partial charge >= 0.3 is 0 Å². The Morgan fingerprint density at radius 3 is 2.45 bits per heavy atom. The van der Waals surface area contributed by atoms with Gasteiger partial charge in [-0.25, -0.2) is 0 Å². The molecule has 0 atom stereocenters. The van der Waals surface area contributed by atoms with Gasteiger partial charge in [-0.3, -0.25) is 4.98 Å². The third kappa shape index (κ3) is 2.25. The largest absolute Gasteiger partial charge is 0.355 e. The van der Waals surface area contributed by atoms with Crippen molar-refractivity contribution in [3.63, 3.8) is 0 Å². The van der Waals surface area contributed by atoms with Crippen LogP contribution < -0.4 is 5.32 Å². The van der Waals surface area contributed by atoms with Gasteiger partial charge in [-0.05, 0) is 50.1 Å². The number of para-hydroxylation sites is 1. The van der Waals surface area contributed by atoms with Gasteiger partial charge in [-0.15, -0.1) is 0 Å². The van der Waals surface area contributed by atoms with Crippen LogP contribution in [0.15, 0.2) is 48.7 Å². The first-order chi connectivity index (χ1) is 9.65. The second-order valence-electron chi connectivity index (χ2n) is 5.28. The summed E-state index contributed by atoms with van der Waals surface area (Å²) in [6, 6.07) is 14.7. The number of fused-ring (bicyclic) bond motifs is 1. The van der Waals surface area contributed by atoms with Crippen LogP contribution in [0, 0.1) is 20.8 Å². The lowest BCUT2D eigenvalue weighted by Gasteiger charge is -2.13. The van der Waals surface area contributed by atoms with Crippen LogP contribution in [0.25, 0.3) is 10.9 Å². The van der Waals surface area contributed by atoms with Gasteiger partial charge < -0.3 is 5.32 Å². The van der Waals surface area contributed by atoms with E-state index in [1.165, 1.54) is 22.1 Å². The second kappa shape index (κ2) is 4.97. The first kappa shape index (κ1) is 12.7. The molecule has 0 aliphatic heterocycles. The van der Waals surface area contributed by atoms with E-state index in [0.717, 1.165) is 16.9 Å². The van der Waals surface area contributed by atoms with Crippen molar-refractivity contribution in [2.24, 2.45) is 0 Å². The van der Waals surface area contributed by atoms with Crippen LogP contribution in [-0.4, -0.2) is 4.98 Å². The zero-order valence-electron chi connectivity index (χ0n) is 12.1. The maximum Gasteiger partial charge on any atom is 0.0752 e. The third-order valence-electron chi connectivity index (χ3n) is 3.59. The summed E-state index contributed by atoms with van der Waals surface area (Å²) in [5, 5.41) is 4.70. The number of nitrogens with zero attached hydrogens (tertiary/aromatic N) is 1. The third-order valence-corrected chi connectivity index (χ3v) is 3.59. The molecule has 0 saturated carbocycles. The molecule has 0 spiro atoms. The van der Waals surface area contributed by atoms with E-state index in [4.69, 9.17) is 0 Å². The molecular weight excluding hydrogens is 244 g/mol. The van der Waals surface area contributed by atoms with E-state index in [1.807, 2.05) is 12.3 Å². The number of hydrogen-bond donors (Lipinski definition) is 1. The molecule has 0 aliphatic rings. The van der Waals surface area contributed by atoms with Gasteiger partial charge in [0.25, 0.3) is 0 Å². The zero-order valence-corrected chi connectivity index (χ0v) is 12.1. The minimum atomic E-state index is 1.06. The molecule has 2 heteroatoms. The molecule has 1 heterocycles. The van der Waals surface area contributed by atoms with Crippen molar-refractivity contribution in [2.75, 3.05) is 5.32 Å². The summed E-state index contributed by atoms with van der Waals surface area (Å²) < 4.78 is 0. The lowest BCUT2D eigenvalue weighted by atomic mass is 10.1. The van der Waals surface area contributed by atoms with Crippen LogP contribution in [0.1, 0.15) is 16.7 Å². The average Bonchev–Trinajstić information content (AvgIpc) is 2.42. The standard InChI is InChI=1S/C18H18N2/c1-12-10-14(3)18-15(11-12)17(8-9-19-18)20-16-7-5-4-6-13(16)2/h4-11H,1-3H3,(H,19,20). The number of benzene rings is 2. The van der Waals surface area contributed by atoms with Crippen molar-refractivity contribution >= 4 is 22.3 Å². The van der Waals surface area contributed by atoms with Gasteiger partial charge in [-0.1, -0.05) is 29.8 Å². The molecule has 0 unspecified atom stereocenters. The summed E-state index contributed by atoms with van der Waals surface area (Å²) >= 11 is 0. The molecule has 0 radical (unpaired) electrons. The van der Waals surface area contributed by atoms with Gasteiger partial charge in [0, 0.05) is 23.0 Å². The Morgan fingerprint density at radius 2 is 1.65 bits per heavy atom. The number of hydrogen-bond acceptors (Lipinski definition) is 2. The molecule has 20 heavy (non-hydrogen) atoms. The van der Waals surface area contributed by atoms with Crippen molar-refractivity contribution < 1.29 is 0 Å². The lowest BCUT2D eigenvalue weighted by molar-refractivity contribution is 1.33. The van der Waals surface area contributed by atoms with Crippen LogP contribution in [0.4, 0.5) is 11.4 Å². The normalized spacial score (nSPS) is 10.8. The molecule has 0 aliphatic carbocycles. The summed E-state index contributed by atoms with van der Waals surface area (Å²) in [4.78, 5) is 4.51. The number of rotatable bonds is 2. The molecule has 3 aromatic rings. The molecular formula is C18H18N2. The summed E-state index contributed by atoms with van der Waals surface area (Å²) in [5.41, 5.74) is 7.02. The van der Waals surface area contributed by atoms with E-state index in [2.05, 4.69) is 67.5 Å². The molecule has 2 aromatic carbocycles. The van der Waals surface area contributed by atoms with Crippen molar-refractivity contribution in [1.82, 2.24) is 4.98 Å². The number of pyridine rings is 1. The number of anilines is 2. The predicted octanol–water partition coefficient (Wildman–Crippen LogP) is 4.90. The monoisotopic (exact) mass is 262 g/mol. The highest BCUT2D eigenvalue weighted by atomic mass is 14.9. The fourth-order valence-electron chi connectivity index (χ4n) is 2.58. The summed E-state index contributed by atoms with van der Waals surface area (Å²) in [7, 11) is 0. The predicted molar refractivity (Wildman–Crippen MR) is 85.7 cm³/mol. The van der Waals surface area contributed by atoms with Gasteiger partial charge in [0.15, 0.2) is 0 Å². The van der Waals surface area contributed by atoms with Gasteiger partial charge in [0.2, 0.25) is 0 Å². The molecule has 0 fully saturated rings. The molecule has 1 N–H and O–H groups in total. The van der Waals surface area contributed by atoms with Crippen LogP contribution in [-0.2, 0) is 0 Å². The number of aryl methyl sites for hydroxylation is 3. The van der Waals surface area contributed by atoms with Crippen molar-refractivity contribution in [2.45, 2.75) is 20.8 Å². The SMILES string of the molecule is Cc1cc(C)c2nccc(Nc3ccccc3C)c2c1. The van der Waals surface area contributed by atoms with E-state index < -0.39 is 0 Å². The van der Waals surface area contributed by atoms with Gasteiger partial charge in [0.05, 0.1) is 5.52 Å². The van der Waals surface area contributed by atoms with Crippen LogP contribution in [0.5, 0.6) is 0 Å². The van der Waals surface area contributed by atoms with Crippen molar-refractivity contribution in [3.8, 4) is 0 Å². The molecule has 3 rings (SSSR count). The number of nitrogens with one attached hydrogen (secondary N) is 1. The van der Waals surface area contributed by atoms with E-state index in [0.29, 0.717) is 0 Å². The Labute approximate surface area is 119 Å². The zero-order chi connectivity index (χ0) is 14.1. The highest BCUT2D eigenvalue weighted by molar-refractivity contribution is 5.95.